The zero-order chi connectivity index (χ0) is 12.8. The first-order valence-corrected chi connectivity index (χ1v) is 6.26. The van der Waals surface area contributed by atoms with Gasteiger partial charge in [0.2, 0.25) is 0 Å². The summed E-state index contributed by atoms with van der Waals surface area (Å²) in [5.41, 5.74) is 4.91. The van der Waals surface area contributed by atoms with Crippen molar-refractivity contribution in [2.45, 2.75) is 0 Å². The third kappa shape index (κ3) is 3.34. The number of benzene rings is 2. The van der Waals surface area contributed by atoms with E-state index in [1.807, 2.05) is 48.5 Å². The maximum atomic E-state index is 5.09. The number of nitrogens with zero attached hydrogens (tertiary/aromatic N) is 1. The predicted octanol–water partition coefficient (Wildman–Crippen LogP) is 3.90. The Bertz CT molecular complexity index is 538. The number of hydrazone groups is 1. The number of nitrogens with one attached hydrogen (secondary N) is 1. The van der Waals surface area contributed by atoms with Gasteiger partial charge < -0.3 is 4.74 Å². The molecule has 0 aliphatic rings. The molecule has 0 aliphatic carbocycles. The summed E-state index contributed by atoms with van der Waals surface area (Å²) in [5.74, 6) is 0.829. The second-order valence-electron chi connectivity index (χ2n) is 3.62. The van der Waals surface area contributed by atoms with Crippen LogP contribution in [-0.4, -0.2) is 13.3 Å². The fraction of sp³-hybridized carbons (Fsp3) is 0.0714. The molecule has 0 fully saturated rings. The number of methoxy groups -OCH3 is 1. The van der Waals surface area contributed by atoms with Gasteiger partial charge in [-0.15, -0.1) is 0 Å². The standard InChI is InChI=1S/C14H13BrN2O/c1-18-13-8-6-12(7-9-13)17-16-10-11-4-2-3-5-14(11)15/h2-10,17H,1H3/b16-10+. The largest absolute Gasteiger partial charge is 0.497 e. The molecule has 0 saturated carbocycles. The number of ether oxygens (including phenoxy) is 1. The summed E-state index contributed by atoms with van der Waals surface area (Å²) in [6, 6.07) is 15.5. The lowest BCUT2D eigenvalue weighted by molar-refractivity contribution is 0.415. The summed E-state index contributed by atoms with van der Waals surface area (Å²) in [5, 5.41) is 4.18. The molecule has 2 aromatic carbocycles. The molecule has 4 heteroatoms. The highest BCUT2D eigenvalue weighted by Crippen LogP contribution is 2.16. The lowest BCUT2D eigenvalue weighted by Crippen LogP contribution is -1.91. The van der Waals surface area contributed by atoms with Crippen LogP contribution in [0.3, 0.4) is 0 Å². The van der Waals surface area contributed by atoms with E-state index in [2.05, 4.69) is 26.5 Å². The zero-order valence-electron chi connectivity index (χ0n) is 9.93. The Balaban J connectivity index is 2.00. The fourth-order valence-electron chi connectivity index (χ4n) is 1.42. The minimum atomic E-state index is 0.829. The van der Waals surface area contributed by atoms with Crippen LogP contribution < -0.4 is 10.2 Å². The number of anilines is 1. The van der Waals surface area contributed by atoms with Crippen LogP contribution >= 0.6 is 15.9 Å². The van der Waals surface area contributed by atoms with Crippen LogP contribution in [0.25, 0.3) is 0 Å². The quantitative estimate of drug-likeness (QED) is 0.686. The summed E-state index contributed by atoms with van der Waals surface area (Å²) < 4.78 is 6.11. The molecule has 1 N–H and O–H groups in total. The molecule has 0 spiro atoms. The SMILES string of the molecule is COc1ccc(N/N=C/c2ccccc2Br)cc1. The smallest absolute Gasteiger partial charge is 0.119 e. The van der Waals surface area contributed by atoms with Crippen molar-refractivity contribution in [2.24, 2.45) is 5.10 Å². The van der Waals surface area contributed by atoms with Crippen molar-refractivity contribution >= 4 is 27.8 Å². The molecule has 18 heavy (non-hydrogen) atoms. The molecule has 0 aliphatic heterocycles. The maximum absolute atomic E-state index is 5.09. The van der Waals surface area contributed by atoms with Gasteiger partial charge in [0.1, 0.15) is 5.75 Å². The topological polar surface area (TPSA) is 33.6 Å². The lowest BCUT2D eigenvalue weighted by atomic mass is 10.2. The molecule has 0 atom stereocenters. The summed E-state index contributed by atoms with van der Waals surface area (Å²) in [6.07, 6.45) is 1.77. The highest BCUT2D eigenvalue weighted by Gasteiger charge is 1.94. The van der Waals surface area contributed by atoms with Crippen molar-refractivity contribution in [3.8, 4) is 5.75 Å². The Hall–Kier alpha value is -1.81. The van der Waals surface area contributed by atoms with Gasteiger partial charge in [0.15, 0.2) is 0 Å². The third-order valence-electron chi connectivity index (χ3n) is 2.39. The Labute approximate surface area is 115 Å². The number of hydrogen-bond donors (Lipinski definition) is 1. The predicted molar refractivity (Wildman–Crippen MR) is 78.4 cm³/mol. The van der Waals surface area contributed by atoms with Crippen molar-refractivity contribution in [3.05, 3.63) is 58.6 Å². The van der Waals surface area contributed by atoms with Crippen LogP contribution in [0.5, 0.6) is 5.75 Å². The Morgan fingerprint density at radius 2 is 1.83 bits per heavy atom. The van der Waals surface area contributed by atoms with Crippen LogP contribution in [0.1, 0.15) is 5.56 Å². The van der Waals surface area contributed by atoms with Gasteiger partial charge in [-0.1, -0.05) is 34.1 Å². The van der Waals surface area contributed by atoms with Crippen LogP contribution in [-0.2, 0) is 0 Å². The minimum absolute atomic E-state index is 0.829. The van der Waals surface area contributed by atoms with Crippen LogP contribution in [0, 0.1) is 0 Å². The molecule has 0 aromatic heterocycles. The molecule has 0 unspecified atom stereocenters. The average Bonchev–Trinajstić information content (AvgIpc) is 2.42. The van der Waals surface area contributed by atoms with E-state index in [1.54, 1.807) is 13.3 Å². The lowest BCUT2D eigenvalue weighted by Gasteiger charge is -2.02. The minimum Gasteiger partial charge on any atom is -0.497 e. The van der Waals surface area contributed by atoms with E-state index in [1.165, 1.54) is 0 Å². The molecule has 3 nitrogen and oxygen atoms in total. The first-order valence-electron chi connectivity index (χ1n) is 5.47. The summed E-state index contributed by atoms with van der Waals surface area (Å²) >= 11 is 3.47. The van der Waals surface area contributed by atoms with Gasteiger partial charge in [-0.05, 0) is 30.3 Å². The Kier molecular flexibility index (Phi) is 4.36. The molecular weight excluding hydrogens is 292 g/mol. The van der Waals surface area contributed by atoms with Crippen molar-refractivity contribution in [1.82, 2.24) is 0 Å². The average molecular weight is 305 g/mol. The molecule has 2 aromatic rings. The van der Waals surface area contributed by atoms with Gasteiger partial charge in [0.05, 0.1) is 19.0 Å². The highest BCUT2D eigenvalue weighted by molar-refractivity contribution is 9.10. The third-order valence-corrected chi connectivity index (χ3v) is 3.11. The van der Waals surface area contributed by atoms with Crippen LogP contribution in [0.2, 0.25) is 0 Å². The monoisotopic (exact) mass is 304 g/mol. The summed E-state index contributed by atoms with van der Waals surface area (Å²) in [6.45, 7) is 0. The second-order valence-corrected chi connectivity index (χ2v) is 4.47. The van der Waals surface area contributed by atoms with Gasteiger partial charge in [-0.2, -0.15) is 5.10 Å². The van der Waals surface area contributed by atoms with Crippen molar-refractivity contribution in [2.75, 3.05) is 12.5 Å². The molecule has 0 bridgehead atoms. The van der Waals surface area contributed by atoms with E-state index in [4.69, 9.17) is 4.74 Å². The number of halogens is 1. The van der Waals surface area contributed by atoms with Gasteiger partial charge >= 0.3 is 0 Å². The summed E-state index contributed by atoms with van der Waals surface area (Å²) in [7, 11) is 1.65. The van der Waals surface area contributed by atoms with Crippen LogP contribution in [0.15, 0.2) is 58.1 Å². The van der Waals surface area contributed by atoms with E-state index in [9.17, 15) is 0 Å². The highest BCUT2D eigenvalue weighted by atomic mass is 79.9. The molecule has 0 heterocycles. The van der Waals surface area contributed by atoms with Gasteiger partial charge in [0.25, 0.3) is 0 Å². The van der Waals surface area contributed by atoms with Crippen molar-refractivity contribution in [3.63, 3.8) is 0 Å². The molecular formula is C14H13BrN2O. The van der Waals surface area contributed by atoms with E-state index < -0.39 is 0 Å². The number of hydrogen-bond acceptors (Lipinski definition) is 3. The molecule has 2 rings (SSSR count). The van der Waals surface area contributed by atoms with E-state index in [-0.39, 0.29) is 0 Å². The van der Waals surface area contributed by atoms with E-state index in [0.29, 0.717) is 0 Å². The van der Waals surface area contributed by atoms with Crippen molar-refractivity contribution < 1.29 is 4.74 Å². The van der Waals surface area contributed by atoms with E-state index in [0.717, 1.165) is 21.5 Å². The van der Waals surface area contributed by atoms with Gasteiger partial charge in [-0.3, -0.25) is 5.43 Å². The normalized spacial score (nSPS) is 10.6. The van der Waals surface area contributed by atoms with Gasteiger partial charge in [0, 0.05) is 10.0 Å². The van der Waals surface area contributed by atoms with Gasteiger partial charge in [-0.25, -0.2) is 0 Å². The second kappa shape index (κ2) is 6.21. The first-order chi connectivity index (χ1) is 8.79. The fourth-order valence-corrected chi connectivity index (χ4v) is 1.81. The molecule has 0 saturated heterocycles. The molecule has 0 radical (unpaired) electrons. The molecule has 0 amide bonds. The zero-order valence-corrected chi connectivity index (χ0v) is 11.5. The first kappa shape index (κ1) is 12.6. The van der Waals surface area contributed by atoms with Crippen molar-refractivity contribution in [1.29, 1.82) is 0 Å². The summed E-state index contributed by atoms with van der Waals surface area (Å²) in [4.78, 5) is 0. The number of rotatable bonds is 4. The molecule has 92 valence electrons. The van der Waals surface area contributed by atoms with E-state index >= 15 is 0 Å². The Morgan fingerprint density at radius 1 is 1.11 bits per heavy atom. The maximum Gasteiger partial charge on any atom is 0.119 e. The van der Waals surface area contributed by atoms with Crippen LogP contribution in [0.4, 0.5) is 5.69 Å². The Morgan fingerprint density at radius 3 is 2.50 bits per heavy atom.